The molecule has 2 aromatic rings. The maximum absolute atomic E-state index is 12.8. The van der Waals surface area contributed by atoms with Gasteiger partial charge in [0.1, 0.15) is 5.75 Å². The lowest BCUT2D eigenvalue weighted by molar-refractivity contribution is -0.131. The number of aromatic nitrogens is 1. The summed E-state index contributed by atoms with van der Waals surface area (Å²) in [6, 6.07) is 11.1. The van der Waals surface area contributed by atoms with E-state index in [1.165, 1.54) is 0 Å². The molecule has 31 heavy (non-hydrogen) atoms. The fourth-order valence-corrected chi connectivity index (χ4v) is 3.95. The summed E-state index contributed by atoms with van der Waals surface area (Å²) in [4.78, 5) is 33.0. The lowest BCUT2D eigenvalue weighted by Crippen LogP contribution is -2.51. The molecule has 3 heterocycles. The Balaban J connectivity index is 1.24. The summed E-state index contributed by atoms with van der Waals surface area (Å²) in [5.74, 6) is 1.39. The minimum Gasteiger partial charge on any atom is -0.493 e. The van der Waals surface area contributed by atoms with E-state index in [1.54, 1.807) is 12.4 Å². The third kappa shape index (κ3) is 5.82. The number of amides is 2. The van der Waals surface area contributed by atoms with Crippen molar-refractivity contribution in [1.82, 2.24) is 14.8 Å². The normalized spacial score (nSPS) is 17.4. The van der Waals surface area contributed by atoms with Gasteiger partial charge in [-0.05, 0) is 54.7 Å². The highest BCUT2D eigenvalue weighted by Crippen LogP contribution is 2.19. The van der Waals surface area contributed by atoms with Crippen molar-refractivity contribution in [3.05, 3.63) is 59.9 Å². The molecule has 0 spiro atoms. The first-order chi connectivity index (χ1) is 15.2. The van der Waals surface area contributed by atoms with Gasteiger partial charge in [-0.25, -0.2) is 0 Å². The Morgan fingerprint density at radius 2 is 1.71 bits per heavy atom. The standard InChI is InChI=1S/C24H29N3O4/c28-23(16-20-2-1-9-25-17-20)26-10-12-27(13-11-26)24(29)21-3-5-22(6-4-21)31-18-19-7-14-30-15-8-19/h1-6,9,17,19H,7-8,10-16,18H2. The first-order valence-electron chi connectivity index (χ1n) is 11.0. The first-order valence-corrected chi connectivity index (χ1v) is 11.0. The van der Waals surface area contributed by atoms with Crippen LogP contribution in [0.15, 0.2) is 48.8 Å². The summed E-state index contributed by atoms with van der Waals surface area (Å²) < 4.78 is 11.3. The molecule has 1 aromatic heterocycles. The van der Waals surface area contributed by atoms with Gasteiger partial charge < -0.3 is 19.3 Å². The Bertz CT molecular complexity index is 858. The molecule has 2 fully saturated rings. The van der Waals surface area contributed by atoms with E-state index in [0.717, 1.165) is 37.4 Å². The van der Waals surface area contributed by atoms with Crippen LogP contribution in [0.3, 0.4) is 0 Å². The molecule has 2 amide bonds. The molecule has 0 atom stereocenters. The summed E-state index contributed by atoms with van der Waals surface area (Å²) in [5, 5.41) is 0. The fourth-order valence-electron chi connectivity index (χ4n) is 3.95. The predicted molar refractivity (Wildman–Crippen MR) is 116 cm³/mol. The largest absolute Gasteiger partial charge is 0.493 e. The smallest absolute Gasteiger partial charge is 0.253 e. The Hall–Kier alpha value is -2.93. The SMILES string of the molecule is O=C(Cc1cccnc1)N1CCN(C(=O)c2ccc(OCC3CCOCC3)cc2)CC1. The van der Waals surface area contributed by atoms with Gasteiger partial charge >= 0.3 is 0 Å². The second-order valence-corrected chi connectivity index (χ2v) is 8.10. The topological polar surface area (TPSA) is 72.0 Å². The maximum atomic E-state index is 12.8. The van der Waals surface area contributed by atoms with E-state index in [-0.39, 0.29) is 11.8 Å². The van der Waals surface area contributed by atoms with Crippen molar-refractivity contribution >= 4 is 11.8 Å². The molecular weight excluding hydrogens is 394 g/mol. The van der Waals surface area contributed by atoms with Crippen LogP contribution >= 0.6 is 0 Å². The van der Waals surface area contributed by atoms with E-state index in [0.29, 0.717) is 50.7 Å². The van der Waals surface area contributed by atoms with Crippen LogP contribution < -0.4 is 4.74 Å². The van der Waals surface area contributed by atoms with Crippen LogP contribution in [0.2, 0.25) is 0 Å². The molecule has 1 aromatic carbocycles. The van der Waals surface area contributed by atoms with Crippen LogP contribution in [0.4, 0.5) is 0 Å². The van der Waals surface area contributed by atoms with Crippen molar-refractivity contribution in [3.63, 3.8) is 0 Å². The van der Waals surface area contributed by atoms with E-state index in [9.17, 15) is 9.59 Å². The second-order valence-electron chi connectivity index (χ2n) is 8.10. The first kappa shape index (κ1) is 21.3. The Morgan fingerprint density at radius 3 is 2.39 bits per heavy atom. The monoisotopic (exact) mass is 423 g/mol. The minimum atomic E-state index is -0.00432. The van der Waals surface area contributed by atoms with Gasteiger partial charge in [0.25, 0.3) is 5.91 Å². The van der Waals surface area contributed by atoms with Crippen molar-refractivity contribution in [2.24, 2.45) is 5.92 Å². The van der Waals surface area contributed by atoms with E-state index < -0.39 is 0 Å². The molecule has 0 saturated carbocycles. The predicted octanol–water partition coefficient (Wildman–Crippen LogP) is 2.41. The molecule has 7 nitrogen and oxygen atoms in total. The molecule has 0 N–H and O–H groups in total. The minimum absolute atomic E-state index is 0.00432. The quantitative estimate of drug-likeness (QED) is 0.714. The van der Waals surface area contributed by atoms with Crippen LogP contribution in [0.25, 0.3) is 0 Å². The van der Waals surface area contributed by atoms with E-state index in [2.05, 4.69) is 4.98 Å². The molecule has 2 aliphatic rings. The molecular formula is C24H29N3O4. The van der Waals surface area contributed by atoms with Crippen molar-refractivity contribution in [2.45, 2.75) is 19.3 Å². The number of hydrogen-bond acceptors (Lipinski definition) is 5. The molecule has 4 rings (SSSR count). The molecule has 0 radical (unpaired) electrons. The summed E-state index contributed by atoms with van der Waals surface area (Å²) >= 11 is 0. The fraction of sp³-hybridized carbons (Fsp3) is 0.458. The number of ether oxygens (including phenoxy) is 2. The number of hydrogen-bond donors (Lipinski definition) is 0. The van der Waals surface area contributed by atoms with Crippen molar-refractivity contribution < 1.29 is 19.1 Å². The summed E-state index contributed by atoms with van der Waals surface area (Å²) in [6.07, 6.45) is 5.83. The summed E-state index contributed by atoms with van der Waals surface area (Å²) in [7, 11) is 0. The Kier molecular flexibility index (Phi) is 7.14. The van der Waals surface area contributed by atoms with Crippen LogP contribution in [-0.2, 0) is 16.0 Å². The average molecular weight is 424 g/mol. The second kappa shape index (κ2) is 10.4. The van der Waals surface area contributed by atoms with Crippen molar-refractivity contribution in [2.75, 3.05) is 46.0 Å². The number of benzene rings is 1. The van der Waals surface area contributed by atoms with Gasteiger partial charge in [0.05, 0.1) is 13.0 Å². The van der Waals surface area contributed by atoms with Gasteiger partial charge in [0, 0.05) is 57.3 Å². The molecule has 2 saturated heterocycles. The van der Waals surface area contributed by atoms with Crippen LogP contribution in [-0.4, -0.2) is 72.6 Å². The van der Waals surface area contributed by atoms with Gasteiger partial charge in [-0.15, -0.1) is 0 Å². The zero-order chi connectivity index (χ0) is 21.5. The summed E-state index contributed by atoms with van der Waals surface area (Å²) in [5.41, 5.74) is 1.55. The third-order valence-corrected chi connectivity index (χ3v) is 5.93. The highest BCUT2D eigenvalue weighted by molar-refractivity contribution is 5.94. The van der Waals surface area contributed by atoms with E-state index >= 15 is 0 Å². The lowest BCUT2D eigenvalue weighted by Gasteiger charge is -2.35. The maximum Gasteiger partial charge on any atom is 0.253 e. The molecule has 164 valence electrons. The number of rotatable bonds is 6. The van der Waals surface area contributed by atoms with E-state index in [4.69, 9.17) is 9.47 Å². The van der Waals surface area contributed by atoms with Crippen LogP contribution in [0.5, 0.6) is 5.75 Å². The number of piperazine rings is 1. The zero-order valence-corrected chi connectivity index (χ0v) is 17.7. The average Bonchev–Trinajstić information content (AvgIpc) is 2.84. The summed E-state index contributed by atoms with van der Waals surface area (Å²) in [6.45, 7) is 4.49. The zero-order valence-electron chi connectivity index (χ0n) is 17.7. The van der Waals surface area contributed by atoms with Gasteiger partial charge in [0.2, 0.25) is 5.91 Å². The molecule has 7 heteroatoms. The molecule has 0 aliphatic carbocycles. The molecule has 0 unspecified atom stereocenters. The lowest BCUT2D eigenvalue weighted by atomic mass is 10.0. The van der Waals surface area contributed by atoms with E-state index in [1.807, 2.05) is 46.2 Å². The highest BCUT2D eigenvalue weighted by Gasteiger charge is 2.25. The Morgan fingerprint density at radius 1 is 1.00 bits per heavy atom. The Labute approximate surface area is 183 Å². The van der Waals surface area contributed by atoms with Gasteiger partial charge in [-0.3, -0.25) is 14.6 Å². The van der Waals surface area contributed by atoms with Gasteiger partial charge in [0.15, 0.2) is 0 Å². The number of nitrogens with zero attached hydrogens (tertiary/aromatic N) is 3. The third-order valence-electron chi connectivity index (χ3n) is 5.93. The number of carbonyl (C=O) groups excluding carboxylic acids is 2. The van der Waals surface area contributed by atoms with Gasteiger partial charge in [-0.2, -0.15) is 0 Å². The van der Waals surface area contributed by atoms with Crippen molar-refractivity contribution in [1.29, 1.82) is 0 Å². The van der Waals surface area contributed by atoms with Crippen molar-refractivity contribution in [3.8, 4) is 5.75 Å². The van der Waals surface area contributed by atoms with Crippen LogP contribution in [0.1, 0.15) is 28.8 Å². The number of carbonyl (C=O) groups is 2. The highest BCUT2D eigenvalue weighted by atomic mass is 16.5. The molecule has 2 aliphatic heterocycles. The van der Waals surface area contributed by atoms with Gasteiger partial charge in [-0.1, -0.05) is 6.07 Å². The number of pyridine rings is 1. The van der Waals surface area contributed by atoms with Crippen LogP contribution in [0, 0.1) is 5.92 Å². The molecule has 0 bridgehead atoms.